The Labute approximate surface area is 211 Å². The molecule has 8 aromatic rings. The zero-order valence-electron chi connectivity index (χ0n) is 19.4. The Balaban J connectivity index is 1.54. The minimum Gasteiger partial charge on any atom is -0.464 e. The van der Waals surface area contributed by atoms with Crippen molar-refractivity contribution in [3.05, 3.63) is 122 Å². The highest BCUT2D eigenvalue weighted by molar-refractivity contribution is 7.26. The molecule has 0 saturated carbocycles. The number of rotatable bonds is 2. The zero-order valence-corrected chi connectivity index (χ0v) is 20.2. The van der Waals surface area contributed by atoms with Crippen molar-refractivity contribution in [2.45, 2.75) is 0 Å². The molecule has 0 bridgehead atoms. The first kappa shape index (κ1) is 19.9. The molecule has 0 aliphatic heterocycles. The normalized spacial score (nSPS) is 11.9. The molecule has 168 valence electrons. The molecule has 2 heterocycles. The largest absolute Gasteiger partial charge is 0.464 e. The second-order valence-corrected chi connectivity index (χ2v) is 10.4. The number of fused-ring (bicyclic) bond motifs is 6. The molecule has 0 aliphatic rings. The molecule has 36 heavy (non-hydrogen) atoms. The molecular formula is C34H20OS. The second-order valence-electron chi connectivity index (χ2n) is 9.30. The third-order valence-electron chi connectivity index (χ3n) is 7.34. The summed E-state index contributed by atoms with van der Waals surface area (Å²) >= 11 is 1.86. The SMILES string of the molecule is c1ccc(-c2c3ccccc3c(-c3cccc4c3sc3cc5occc5cc34)c3ccccc23)cc1. The van der Waals surface area contributed by atoms with Crippen molar-refractivity contribution in [1.29, 1.82) is 0 Å². The van der Waals surface area contributed by atoms with E-state index >= 15 is 0 Å². The maximum atomic E-state index is 5.71. The highest BCUT2D eigenvalue weighted by atomic mass is 32.1. The number of benzene rings is 6. The minimum atomic E-state index is 0.943. The molecule has 0 N–H and O–H groups in total. The molecule has 0 saturated heterocycles. The fourth-order valence-corrected chi connectivity index (χ4v) is 7.02. The first-order valence-corrected chi connectivity index (χ1v) is 13.0. The van der Waals surface area contributed by atoms with E-state index in [-0.39, 0.29) is 0 Å². The van der Waals surface area contributed by atoms with Gasteiger partial charge >= 0.3 is 0 Å². The van der Waals surface area contributed by atoms with E-state index in [0.29, 0.717) is 0 Å². The van der Waals surface area contributed by atoms with Gasteiger partial charge in [0, 0.05) is 31.1 Å². The van der Waals surface area contributed by atoms with Crippen LogP contribution in [0.1, 0.15) is 0 Å². The van der Waals surface area contributed by atoms with Gasteiger partial charge in [0.05, 0.1) is 6.26 Å². The topological polar surface area (TPSA) is 13.1 Å². The van der Waals surface area contributed by atoms with Gasteiger partial charge in [-0.05, 0) is 56.4 Å². The summed E-state index contributed by atoms with van der Waals surface area (Å²) < 4.78 is 8.29. The molecule has 1 nitrogen and oxygen atoms in total. The van der Waals surface area contributed by atoms with Gasteiger partial charge in [-0.1, -0.05) is 97.1 Å². The van der Waals surface area contributed by atoms with Gasteiger partial charge in [-0.2, -0.15) is 0 Å². The van der Waals surface area contributed by atoms with Crippen molar-refractivity contribution >= 4 is 64.0 Å². The molecule has 0 aliphatic carbocycles. The highest BCUT2D eigenvalue weighted by Gasteiger charge is 2.19. The Morgan fingerprint density at radius 1 is 0.500 bits per heavy atom. The van der Waals surface area contributed by atoms with Gasteiger partial charge in [-0.3, -0.25) is 0 Å². The predicted octanol–water partition coefficient (Wildman–Crippen LogP) is 10.4. The smallest absolute Gasteiger partial charge is 0.135 e. The van der Waals surface area contributed by atoms with Crippen LogP contribution in [-0.2, 0) is 0 Å². The first-order valence-electron chi connectivity index (χ1n) is 12.2. The lowest BCUT2D eigenvalue weighted by Crippen LogP contribution is -1.90. The van der Waals surface area contributed by atoms with Crippen molar-refractivity contribution in [2.24, 2.45) is 0 Å². The molecule has 0 amide bonds. The molecule has 0 fully saturated rings. The average molecular weight is 477 g/mol. The standard InChI is InChI=1S/C34H20OS/c1-2-9-21(10-3-1)32-23-11-4-6-13-25(23)33(26-14-7-5-12-24(26)32)28-16-8-15-27-29-19-22-17-18-35-30(22)20-31(29)36-34(27)28/h1-20H. The lowest BCUT2D eigenvalue weighted by atomic mass is 9.86. The molecule has 0 spiro atoms. The van der Waals surface area contributed by atoms with Crippen LogP contribution in [0.25, 0.3) is 74.9 Å². The zero-order chi connectivity index (χ0) is 23.6. The summed E-state index contributed by atoms with van der Waals surface area (Å²) in [5, 5.41) is 8.88. The highest BCUT2D eigenvalue weighted by Crippen LogP contribution is 2.48. The van der Waals surface area contributed by atoms with Crippen molar-refractivity contribution in [3.8, 4) is 22.3 Å². The van der Waals surface area contributed by atoms with Crippen molar-refractivity contribution in [2.75, 3.05) is 0 Å². The van der Waals surface area contributed by atoms with E-state index in [9.17, 15) is 0 Å². The Hall–Kier alpha value is -4.40. The van der Waals surface area contributed by atoms with Gasteiger partial charge in [-0.15, -0.1) is 11.3 Å². The van der Waals surface area contributed by atoms with Crippen molar-refractivity contribution in [1.82, 2.24) is 0 Å². The summed E-state index contributed by atoms with van der Waals surface area (Å²) in [5.41, 5.74) is 6.09. The molecule has 0 atom stereocenters. The van der Waals surface area contributed by atoms with E-state index in [1.165, 1.54) is 64.0 Å². The van der Waals surface area contributed by atoms with Gasteiger partial charge in [-0.25, -0.2) is 0 Å². The van der Waals surface area contributed by atoms with Crippen LogP contribution in [0.4, 0.5) is 0 Å². The quantitative estimate of drug-likeness (QED) is 0.226. The number of furan rings is 1. The van der Waals surface area contributed by atoms with Gasteiger partial charge in [0.25, 0.3) is 0 Å². The van der Waals surface area contributed by atoms with Crippen LogP contribution in [0.15, 0.2) is 126 Å². The molecular weight excluding hydrogens is 456 g/mol. The average Bonchev–Trinajstić information content (AvgIpc) is 3.54. The third kappa shape index (κ3) is 2.76. The summed E-state index contributed by atoms with van der Waals surface area (Å²) in [5.74, 6) is 0. The number of hydrogen-bond donors (Lipinski definition) is 0. The fourth-order valence-electron chi connectivity index (χ4n) is 5.79. The van der Waals surface area contributed by atoms with Gasteiger partial charge < -0.3 is 4.42 Å². The van der Waals surface area contributed by atoms with E-state index in [0.717, 1.165) is 11.0 Å². The molecule has 8 rings (SSSR count). The maximum Gasteiger partial charge on any atom is 0.135 e. The van der Waals surface area contributed by atoms with Gasteiger partial charge in [0.15, 0.2) is 0 Å². The lowest BCUT2D eigenvalue weighted by Gasteiger charge is -2.18. The molecule has 2 aromatic heterocycles. The Kier molecular flexibility index (Phi) is 4.16. The number of thiophene rings is 1. The van der Waals surface area contributed by atoms with E-state index in [4.69, 9.17) is 4.42 Å². The minimum absolute atomic E-state index is 0.943. The monoisotopic (exact) mass is 476 g/mol. The van der Waals surface area contributed by atoms with Crippen LogP contribution in [0, 0.1) is 0 Å². The predicted molar refractivity (Wildman–Crippen MR) is 155 cm³/mol. The first-order chi connectivity index (χ1) is 17.9. The molecule has 2 heteroatoms. The molecule has 0 radical (unpaired) electrons. The van der Waals surface area contributed by atoms with Crippen LogP contribution in [0.3, 0.4) is 0 Å². The van der Waals surface area contributed by atoms with Crippen LogP contribution in [-0.4, -0.2) is 0 Å². The summed E-state index contributed by atoms with van der Waals surface area (Å²) in [7, 11) is 0. The van der Waals surface area contributed by atoms with Gasteiger partial charge in [0.2, 0.25) is 0 Å². The Bertz CT molecular complexity index is 2040. The van der Waals surface area contributed by atoms with E-state index in [1.807, 2.05) is 17.4 Å². The van der Waals surface area contributed by atoms with E-state index in [2.05, 4.69) is 109 Å². The summed E-state index contributed by atoms with van der Waals surface area (Å²) in [6, 6.07) is 41.8. The lowest BCUT2D eigenvalue weighted by molar-refractivity contribution is 0.616. The van der Waals surface area contributed by atoms with Crippen LogP contribution >= 0.6 is 11.3 Å². The maximum absolute atomic E-state index is 5.71. The summed E-state index contributed by atoms with van der Waals surface area (Å²) in [4.78, 5) is 0. The van der Waals surface area contributed by atoms with Crippen molar-refractivity contribution in [3.63, 3.8) is 0 Å². The third-order valence-corrected chi connectivity index (χ3v) is 8.54. The van der Waals surface area contributed by atoms with E-state index < -0.39 is 0 Å². The van der Waals surface area contributed by atoms with Crippen LogP contribution in [0.5, 0.6) is 0 Å². The molecule has 0 unspecified atom stereocenters. The van der Waals surface area contributed by atoms with Gasteiger partial charge in [0.1, 0.15) is 5.58 Å². The van der Waals surface area contributed by atoms with Crippen molar-refractivity contribution < 1.29 is 4.42 Å². The summed E-state index contributed by atoms with van der Waals surface area (Å²) in [6.45, 7) is 0. The second kappa shape index (κ2) is 7.55. The Morgan fingerprint density at radius 3 is 1.86 bits per heavy atom. The van der Waals surface area contributed by atoms with Crippen LogP contribution < -0.4 is 0 Å². The Morgan fingerprint density at radius 2 is 1.14 bits per heavy atom. The number of hydrogen-bond acceptors (Lipinski definition) is 2. The van der Waals surface area contributed by atoms with Crippen LogP contribution in [0.2, 0.25) is 0 Å². The molecule has 6 aromatic carbocycles. The summed E-state index contributed by atoms with van der Waals surface area (Å²) in [6.07, 6.45) is 1.77. The van der Waals surface area contributed by atoms with E-state index in [1.54, 1.807) is 6.26 Å². The fraction of sp³-hybridized carbons (Fsp3) is 0.